The molecule has 12 heteroatoms. The number of aryl methyl sites for hydroxylation is 1. The van der Waals surface area contributed by atoms with E-state index in [1.54, 1.807) is 43.3 Å². The number of benzene rings is 3. The number of carbonyl (C=O) groups is 2. The number of nitrogens with one attached hydrogen (secondary N) is 1. The Balaban J connectivity index is 2.08. The fourth-order valence-electron chi connectivity index (χ4n) is 4.07. The van der Waals surface area contributed by atoms with Crippen LogP contribution in [0.2, 0.25) is 0 Å². The van der Waals surface area contributed by atoms with Crippen LogP contribution in [0.1, 0.15) is 37.5 Å². The Bertz CT molecular complexity index is 1510. The minimum absolute atomic E-state index is 0.0461. The van der Waals surface area contributed by atoms with E-state index >= 15 is 0 Å². The Morgan fingerprint density at radius 2 is 1.60 bits per heavy atom. The minimum Gasteiger partial charge on any atom is -0.354 e. The average molecular weight is 669 g/mol. The zero-order valence-electron chi connectivity index (χ0n) is 23.7. The number of anilines is 1. The Morgan fingerprint density at radius 3 is 2.19 bits per heavy atom. The first-order valence-corrected chi connectivity index (χ1v) is 15.4. The van der Waals surface area contributed by atoms with Gasteiger partial charge in [-0.3, -0.25) is 13.9 Å². The molecule has 3 aromatic carbocycles. The first-order chi connectivity index (χ1) is 19.6. The molecule has 3 aromatic rings. The number of alkyl halides is 3. The molecule has 0 saturated heterocycles. The van der Waals surface area contributed by atoms with Crippen molar-refractivity contribution in [2.45, 2.75) is 51.4 Å². The van der Waals surface area contributed by atoms with Crippen molar-refractivity contribution in [3.63, 3.8) is 0 Å². The molecule has 226 valence electrons. The minimum atomic E-state index is -4.74. The molecule has 0 bridgehead atoms. The van der Waals surface area contributed by atoms with Crippen LogP contribution in [-0.4, -0.2) is 44.3 Å². The Hall–Kier alpha value is -3.38. The quantitative estimate of drug-likeness (QED) is 0.265. The van der Waals surface area contributed by atoms with E-state index in [-0.39, 0.29) is 23.0 Å². The number of halogens is 4. The maximum atomic E-state index is 13.9. The molecule has 0 heterocycles. The molecule has 0 spiro atoms. The van der Waals surface area contributed by atoms with E-state index in [0.29, 0.717) is 22.5 Å². The second kappa shape index (κ2) is 13.7. The van der Waals surface area contributed by atoms with E-state index < -0.39 is 46.2 Å². The molecule has 0 aliphatic heterocycles. The van der Waals surface area contributed by atoms with Crippen LogP contribution in [-0.2, 0) is 32.3 Å². The highest BCUT2D eigenvalue weighted by molar-refractivity contribution is 9.10. The number of sulfonamides is 1. The number of amides is 2. The molecule has 0 aliphatic rings. The summed E-state index contributed by atoms with van der Waals surface area (Å²) in [5, 5.41) is 2.79. The lowest BCUT2D eigenvalue weighted by molar-refractivity contribution is -0.139. The fraction of sp³-hybridized carbons (Fsp3) is 0.333. The summed E-state index contributed by atoms with van der Waals surface area (Å²) < 4.78 is 69.8. The van der Waals surface area contributed by atoms with Gasteiger partial charge in [0.2, 0.25) is 11.8 Å². The fourth-order valence-corrected chi connectivity index (χ4v) is 5.92. The van der Waals surface area contributed by atoms with Gasteiger partial charge in [0.05, 0.1) is 16.1 Å². The van der Waals surface area contributed by atoms with Crippen LogP contribution in [0.5, 0.6) is 0 Å². The predicted octanol–water partition coefficient (Wildman–Crippen LogP) is 6.16. The number of carbonyl (C=O) groups excluding carboxylic acids is 2. The van der Waals surface area contributed by atoms with Crippen LogP contribution >= 0.6 is 15.9 Å². The van der Waals surface area contributed by atoms with Crippen molar-refractivity contribution < 1.29 is 31.2 Å². The van der Waals surface area contributed by atoms with Crippen molar-refractivity contribution in [3.05, 3.63) is 94.0 Å². The van der Waals surface area contributed by atoms with Gasteiger partial charge in [0.15, 0.2) is 0 Å². The van der Waals surface area contributed by atoms with Gasteiger partial charge >= 0.3 is 6.18 Å². The smallest absolute Gasteiger partial charge is 0.354 e. The van der Waals surface area contributed by atoms with Gasteiger partial charge in [0, 0.05) is 17.6 Å². The van der Waals surface area contributed by atoms with Crippen molar-refractivity contribution >= 4 is 43.5 Å². The molecule has 0 radical (unpaired) electrons. The van der Waals surface area contributed by atoms with Crippen molar-refractivity contribution in [1.82, 2.24) is 10.2 Å². The Labute approximate surface area is 252 Å². The molecule has 7 nitrogen and oxygen atoms in total. The lowest BCUT2D eigenvalue weighted by Crippen LogP contribution is -2.51. The van der Waals surface area contributed by atoms with Gasteiger partial charge in [-0.05, 0) is 67.8 Å². The van der Waals surface area contributed by atoms with Crippen LogP contribution in [0.15, 0.2) is 82.2 Å². The summed E-state index contributed by atoms with van der Waals surface area (Å²) >= 11 is 3.38. The van der Waals surface area contributed by atoms with Gasteiger partial charge in [-0.15, -0.1) is 0 Å². The maximum absolute atomic E-state index is 13.9. The topological polar surface area (TPSA) is 86.8 Å². The van der Waals surface area contributed by atoms with Gasteiger partial charge in [0.1, 0.15) is 12.6 Å². The van der Waals surface area contributed by atoms with Gasteiger partial charge in [-0.2, -0.15) is 13.2 Å². The maximum Gasteiger partial charge on any atom is 0.416 e. The normalized spacial score (nSPS) is 12.6. The van der Waals surface area contributed by atoms with E-state index in [0.717, 1.165) is 22.2 Å². The highest BCUT2D eigenvalue weighted by atomic mass is 79.9. The van der Waals surface area contributed by atoms with Crippen LogP contribution in [0, 0.1) is 12.8 Å². The third kappa shape index (κ3) is 8.57. The monoisotopic (exact) mass is 667 g/mol. The van der Waals surface area contributed by atoms with Crippen LogP contribution < -0.4 is 9.62 Å². The largest absolute Gasteiger partial charge is 0.416 e. The predicted molar refractivity (Wildman–Crippen MR) is 159 cm³/mol. The summed E-state index contributed by atoms with van der Waals surface area (Å²) in [6, 6.07) is 15.6. The van der Waals surface area contributed by atoms with E-state index in [9.17, 15) is 31.2 Å². The molecule has 2 amide bonds. The van der Waals surface area contributed by atoms with Crippen molar-refractivity contribution in [1.29, 1.82) is 0 Å². The molecular weight excluding hydrogens is 635 g/mol. The second-order valence-corrected chi connectivity index (χ2v) is 13.1. The summed E-state index contributed by atoms with van der Waals surface area (Å²) in [5.74, 6) is -1.07. The van der Waals surface area contributed by atoms with Crippen LogP contribution in [0.3, 0.4) is 0 Å². The lowest BCUT2D eigenvalue weighted by atomic mass is 10.1. The Morgan fingerprint density at radius 1 is 0.952 bits per heavy atom. The molecule has 42 heavy (non-hydrogen) atoms. The SMILES string of the molecule is Cc1ccc(S(=O)(=O)N(CC(=O)N(Cc2cccc(Br)c2)C(C)C(=O)NCC(C)C)c2cccc(C(F)(F)F)c2)cc1. The standard InChI is InChI=1S/C30H33BrF3N3O4S/c1-20(2)17-35-29(39)22(4)36(18-23-7-5-9-25(31)15-23)28(38)19-37(26-10-6-8-24(16-26)30(32,33)34)42(40,41)27-13-11-21(3)12-14-27/h5-16,20,22H,17-19H2,1-4H3,(H,35,39). The van der Waals surface area contributed by atoms with Gasteiger partial charge in [-0.25, -0.2) is 8.42 Å². The van der Waals surface area contributed by atoms with E-state index in [1.165, 1.54) is 30.0 Å². The highest BCUT2D eigenvalue weighted by Crippen LogP contribution is 2.33. The summed E-state index contributed by atoms with van der Waals surface area (Å²) in [6.07, 6.45) is -4.74. The van der Waals surface area contributed by atoms with Crippen LogP contribution in [0.25, 0.3) is 0 Å². The number of nitrogens with zero attached hydrogens (tertiary/aromatic N) is 2. The van der Waals surface area contributed by atoms with Gasteiger partial charge in [-0.1, -0.05) is 65.7 Å². The molecule has 0 fully saturated rings. The summed E-state index contributed by atoms with van der Waals surface area (Å²) in [7, 11) is -4.50. The zero-order valence-corrected chi connectivity index (χ0v) is 26.1. The molecule has 1 unspecified atom stereocenters. The molecule has 0 saturated carbocycles. The van der Waals surface area contributed by atoms with Gasteiger partial charge in [0.25, 0.3) is 10.0 Å². The first kappa shape index (κ1) is 33.1. The number of hydrogen-bond acceptors (Lipinski definition) is 4. The van der Waals surface area contributed by atoms with Crippen molar-refractivity contribution in [2.24, 2.45) is 5.92 Å². The average Bonchev–Trinajstić information content (AvgIpc) is 2.92. The molecule has 1 N–H and O–H groups in total. The zero-order chi connectivity index (χ0) is 31.2. The van der Waals surface area contributed by atoms with E-state index in [1.807, 2.05) is 13.8 Å². The summed E-state index contributed by atoms with van der Waals surface area (Å²) in [4.78, 5) is 28.0. The lowest BCUT2D eigenvalue weighted by Gasteiger charge is -2.32. The number of rotatable bonds is 11. The molecule has 0 aliphatic carbocycles. The van der Waals surface area contributed by atoms with Gasteiger partial charge < -0.3 is 10.2 Å². The van der Waals surface area contributed by atoms with Crippen molar-refractivity contribution in [3.8, 4) is 0 Å². The summed E-state index contributed by atoms with van der Waals surface area (Å²) in [6.45, 7) is 6.59. The molecule has 0 aromatic heterocycles. The third-order valence-corrected chi connectivity index (χ3v) is 8.72. The molecular formula is C30H33BrF3N3O4S. The first-order valence-electron chi connectivity index (χ1n) is 13.2. The molecule has 1 atom stereocenters. The Kier molecular flexibility index (Phi) is 10.8. The van der Waals surface area contributed by atoms with Crippen molar-refractivity contribution in [2.75, 3.05) is 17.4 Å². The molecule has 3 rings (SSSR count). The summed E-state index contributed by atoms with van der Waals surface area (Å²) in [5.41, 5.74) is 0.0346. The number of hydrogen-bond donors (Lipinski definition) is 1. The second-order valence-electron chi connectivity index (χ2n) is 10.3. The highest BCUT2D eigenvalue weighted by Gasteiger charge is 2.35. The third-order valence-electron chi connectivity index (χ3n) is 6.44. The van der Waals surface area contributed by atoms with E-state index in [4.69, 9.17) is 0 Å². The van der Waals surface area contributed by atoms with Crippen LogP contribution in [0.4, 0.5) is 18.9 Å². The van der Waals surface area contributed by atoms with E-state index in [2.05, 4.69) is 21.2 Å².